The maximum atomic E-state index is 12.4. The van der Waals surface area contributed by atoms with Gasteiger partial charge in [0.15, 0.2) is 6.61 Å². The predicted molar refractivity (Wildman–Crippen MR) is 89.0 cm³/mol. The standard InChI is InChI=1S/C17H21N3O4/c1-17(2)16(23)19-9-10-20(17)15(22)8-5-12-3-6-13(7-4-12)24-11-14(18)21/h3-8H,9-11H2,1-2H3,(H2,18,21)(H,19,23)/b8-5-. The first-order valence-electron chi connectivity index (χ1n) is 7.60. The molecule has 1 aromatic carbocycles. The second kappa shape index (κ2) is 7.16. The number of amides is 3. The molecule has 1 aromatic rings. The van der Waals surface area contributed by atoms with E-state index in [1.54, 1.807) is 49.1 Å². The zero-order valence-corrected chi connectivity index (χ0v) is 13.7. The molecule has 0 aromatic heterocycles. The van der Waals surface area contributed by atoms with Gasteiger partial charge in [-0.05, 0) is 37.6 Å². The van der Waals surface area contributed by atoms with Gasteiger partial charge in [-0.25, -0.2) is 0 Å². The molecule has 0 aliphatic carbocycles. The lowest BCUT2D eigenvalue weighted by Crippen LogP contribution is -2.63. The molecule has 1 heterocycles. The van der Waals surface area contributed by atoms with Crippen LogP contribution in [0.25, 0.3) is 6.08 Å². The second-order valence-corrected chi connectivity index (χ2v) is 5.96. The normalized spacial score (nSPS) is 16.8. The van der Waals surface area contributed by atoms with Gasteiger partial charge in [-0.2, -0.15) is 0 Å². The first-order chi connectivity index (χ1) is 11.3. The van der Waals surface area contributed by atoms with Gasteiger partial charge < -0.3 is 20.7 Å². The van der Waals surface area contributed by atoms with Crippen molar-refractivity contribution < 1.29 is 19.1 Å². The van der Waals surface area contributed by atoms with Gasteiger partial charge in [-0.3, -0.25) is 14.4 Å². The van der Waals surface area contributed by atoms with Crippen LogP contribution in [0.3, 0.4) is 0 Å². The zero-order chi connectivity index (χ0) is 17.7. The molecule has 0 unspecified atom stereocenters. The molecule has 1 fully saturated rings. The Balaban J connectivity index is 2.01. The highest BCUT2D eigenvalue weighted by molar-refractivity contribution is 5.98. The molecule has 0 radical (unpaired) electrons. The Kier molecular flexibility index (Phi) is 5.23. The summed E-state index contributed by atoms with van der Waals surface area (Å²) in [6, 6.07) is 6.89. The molecule has 0 saturated carbocycles. The lowest BCUT2D eigenvalue weighted by atomic mass is 9.98. The lowest BCUT2D eigenvalue weighted by Gasteiger charge is -2.40. The molecular weight excluding hydrogens is 310 g/mol. The second-order valence-electron chi connectivity index (χ2n) is 5.96. The maximum Gasteiger partial charge on any atom is 0.255 e. The van der Waals surface area contributed by atoms with Crippen LogP contribution in [0.1, 0.15) is 19.4 Å². The molecule has 3 N–H and O–H groups in total. The third-order valence-corrected chi connectivity index (χ3v) is 3.80. The first kappa shape index (κ1) is 17.5. The summed E-state index contributed by atoms with van der Waals surface area (Å²) in [5.74, 6) is -0.403. The van der Waals surface area contributed by atoms with E-state index in [1.807, 2.05) is 0 Å². The smallest absolute Gasteiger partial charge is 0.255 e. The highest BCUT2D eigenvalue weighted by Gasteiger charge is 2.39. The van der Waals surface area contributed by atoms with Gasteiger partial charge in [0.1, 0.15) is 11.3 Å². The number of piperazine rings is 1. The van der Waals surface area contributed by atoms with Crippen LogP contribution >= 0.6 is 0 Å². The number of hydrogen-bond donors (Lipinski definition) is 2. The van der Waals surface area contributed by atoms with E-state index >= 15 is 0 Å². The van der Waals surface area contributed by atoms with Crippen LogP contribution in [0, 0.1) is 0 Å². The van der Waals surface area contributed by atoms with E-state index in [0.29, 0.717) is 18.8 Å². The Bertz CT molecular complexity index is 665. The van der Waals surface area contributed by atoms with Crippen molar-refractivity contribution in [3.05, 3.63) is 35.9 Å². The molecule has 1 aliphatic rings. The Hall–Kier alpha value is -2.83. The fraction of sp³-hybridized carbons (Fsp3) is 0.353. The average Bonchev–Trinajstić information content (AvgIpc) is 2.54. The third kappa shape index (κ3) is 4.13. The van der Waals surface area contributed by atoms with E-state index in [2.05, 4.69) is 5.32 Å². The number of nitrogens with one attached hydrogen (secondary N) is 1. The SMILES string of the molecule is CC1(C)C(=O)NCCN1C(=O)/C=C\c1ccc(OCC(N)=O)cc1. The summed E-state index contributed by atoms with van der Waals surface area (Å²) >= 11 is 0. The summed E-state index contributed by atoms with van der Waals surface area (Å²) in [5.41, 5.74) is 4.94. The molecule has 128 valence electrons. The maximum absolute atomic E-state index is 12.4. The predicted octanol–water partition coefficient (Wildman–Crippen LogP) is 0.301. The van der Waals surface area contributed by atoms with Crippen LogP contribution in [-0.2, 0) is 14.4 Å². The van der Waals surface area contributed by atoms with Gasteiger partial charge in [0.2, 0.25) is 11.8 Å². The van der Waals surface area contributed by atoms with E-state index < -0.39 is 11.4 Å². The summed E-state index contributed by atoms with van der Waals surface area (Å²) in [5, 5.41) is 2.75. The quantitative estimate of drug-likeness (QED) is 0.758. The van der Waals surface area contributed by atoms with Gasteiger partial charge in [-0.15, -0.1) is 0 Å². The summed E-state index contributed by atoms with van der Waals surface area (Å²) in [6.45, 7) is 4.19. The number of ether oxygens (including phenoxy) is 1. The molecule has 24 heavy (non-hydrogen) atoms. The van der Waals surface area contributed by atoms with Crippen molar-refractivity contribution in [2.24, 2.45) is 5.73 Å². The van der Waals surface area contributed by atoms with Crippen LogP contribution in [0.15, 0.2) is 30.3 Å². The minimum atomic E-state index is -0.869. The van der Waals surface area contributed by atoms with Gasteiger partial charge in [-0.1, -0.05) is 12.1 Å². The van der Waals surface area contributed by atoms with Gasteiger partial charge in [0, 0.05) is 19.2 Å². The van der Waals surface area contributed by atoms with Crippen LogP contribution in [0.4, 0.5) is 0 Å². The number of carbonyl (C=O) groups is 3. The number of hydrogen-bond acceptors (Lipinski definition) is 4. The van der Waals surface area contributed by atoms with E-state index in [4.69, 9.17) is 10.5 Å². The molecule has 2 rings (SSSR count). The Morgan fingerprint density at radius 1 is 1.33 bits per heavy atom. The molecule has 3 amide bonds. The van der Waals surface area contributed by atoms with Crippen molar-refractivity contribution >= 4 is 23.8 Å². The van der Waals surface area contributed by atoms with Crippen molar-refractivity contribution in [2.75, 3.05) is 19.7 Å². The summed E-state index contributed by atoms with van der Waals surface area (Å²) < 4.78 is 5.16. The lowest BCUT2D eigenvalue weighted by molar-refractivity contribution is -0.146. The number of carbonyl (C=O) groups excluding carboxylic acids is 3. The average molecular weight is 331 g/mol. The minimum absolute atomic E-state index is 0.161. The Morgan fingerprint density at radius 3 is 2.62 bits per heavy atom. The Labute approximate surface area is 140 Å². The molecule has 7 heteroatoms. The van der Waals surface area contributed by atoms with Crippen molar-refractivity contribution in [3.8, 4) is 5.75 Å². The van der Waals surface area contributed by atoms with Crippen LogP contribution in [-0.4, -0.2) is 47.9 Å². The van der Waals surface area contributed by atoms with E-state index in [-0.39, 0.29) is 18.4 Å². The van der Waals surface area contributed by atoms with Gasteiger partial charge in [0.05, 0.1) is 0 Å². The van der Waals surface area contributed by atoms with Crippen molar-refractivity contribution in [1.82, 2.24) is 10.2 Å². The van der Waals surface area contributed by atoms with Crippen molar-refractivity contribution in [1.29, 1.82) is 0 Å². The molecule has 7 nitrogen and oxygen atoms in total. The fourth-order valence-electron chi connectivity index (χ4n) is 2.37. The third-order valence-electron chi connectivity index (χ3n) is 3.80. The van der Waals surface area contributed by atoms with Crippen LogP contribution < -0.4 is 15.8 Å². The van der Waals surface area contributed by atoms with E-state index in [9.17, 15) is 14.4 Å². The van der Waals surface area contributed by atoms with Crippen molar-refractivity contribution in [3.63, 3.8) is 0 Å². The largest absolute Gasteiger partial charge is 0.484 e. The number of nitrogens with two attached hydrogens (primary N) is 1. The number of benzene rings is 1. The van der Waals surface area contributed by atoms with E-state index in [0.717, 1.165) is 5.56 Å². The summed E-state index contributed by atoms with van der Waals surface area (Å²) in [6.07, 6.45) is 3.11. The number of nitrogens with zero attached hydrogens (tertiary/aromatic N) is 1. The molecule has 1 aliphatic heterocycles. The van der Waals surface area contributed by atoms with E-state index in [1.165, 1.54) is 6.08 Å². The molecule has 1 saturated heterocycles. The number of rotatable bonds is 5. The molecular formula is C17H21N3O4. The highest BCUT2D eigenvalue weighted by Crippen LogP contribution is 2.19. The minimum Gasteiger partial charge on any atom is -0.484 e. The number of primary amides is 1. The topological polar surface area (TPSA) is 102 Å². The summed E-state index contributed by atoms with van der Waals surface area (Å²) in [7, 11) is 0. The first-order valence-corrected chi connectivity index (χ1v) is 7.60. The molecule has 0 bridgehead atoms. The van der Waals surface area contributed by atoms with Gasteiger partial charge in [0.25, 0.3) is 5.91 Å². The van der Waals surface area contributed by atoms with Crippen LogP contribution in [0.5, 0.6) is 5.75 Å². The monoisotopic (exact) mass is 331 g/mol. The summed E-state index contributed by atoms with van der Waals surface area (Å²) in [4.78, 5) is 36.4. The highest BCUT2D eigenvalue weighted by atomic mass is 16.5. The van der Waals surface area contributed by atoms with Gasteiger partial charge >= 0.3 is 0 Å². The molecule has 0 spiro atoms. The molecule has 0 atom stereocenters. The fourth-order valence-corrected chi connectivity index (χ4v) is 2.37. The van der Waals surface area contributed by atoms with Crippen molar-refractivity contribution in [2.45, 2.75) is 19.4 Å². The van der Waals surface area contributed by atoms with Crippen LogP contribution in [0.2, 0.25) is 0 Å². The zero-order valence-electron chi connectivity index (χ0n) is 13.7. The Morgan fingerprint density at radius 2 is 2.00 bits per heavy atom.